The average molecular weight is 246 g/mol. The molecule has 0 aromatic heterocycles. The summed E-state index contributed by atoms with van der Waals surface area (Å²) >= 11 is 0. The van der Waals surface area contributed by atoms with E-state index < -0.39 is 0 Å². The maximum Gasteiger partial charge on any atom is 0.257 e. The van der Waals surface area contributed by atoms with Crippen LogP contribution in [0.15, 0.2) is 18.2 Å². The van der Waals surface area contributed by atoms with Crippen LogP contribution in [0.25, 0.3) is 0 Å². The fourth-order valence-corrected chi connectivity index (χ4v) is 1.52. The Hall–Kier alpha value is -2.15. The van der Waals surface area contributed by atoms with Gasteiger partial charge < -0.3 is 15.8 Å². The maximum atomic E-state index is 12.0. The highest BCUT2D eigenvalue weighted by atomic mass is 16.5. The van der Waals surface area contributed by atoms with Crippen LogP contribution in [0.1, 0.15) is 30.6 Å². The van der Waals surface area contributed by atoms with E-state index in [0.717, 1.165) is 0 Å². The van der Waals surface area contributed by atoms with Crippen LogP contribution >= 0.6 is 0 Å². The van der Waals surface area contributed by atoms with Gasteiger partial charge in [0.2, 0.25) is 0 Å². The summed E-state index contributed by atoms with van der Waals surface area (Å²) in [5.41, 5.74) is 6.62. The molecule has 0 aliphatic heterocycles. The Balaban J connectivity index is 2.79. The molecule has 4 heteroatoms. The minimum atomic E-state index is -0.227. The predicted octanol–water partition coefficient (Wildman–Crippen LogP) is 1.81. The molecule has 0 atom stereocenters. The van der Waals surface area contributed by atoms with E-state index in [1.807, 2.05) is 6.92 Å². The van der Waals surface area contributed by atoms with Crippen LogP contribution in [0.4, 0.5) is 5.69 Å². The van der Waals surface area contributed by atoms with Crippen molar-refractivity contribution in [1.29, 1.82) is 0 Å². The number of nitrogens with two attached hydrogens (primary N) is 1. The quantitative estimate of drug-likeness (QED) is 0.473. The van der Waals surface area contributed by atoms with Crippen LogP contribution in [-0.2, 0) is 0 Å². The van der Waals surface area contributed by atoms with Crippen molar-refractivity contribution >= 4 is 11.6 Å². The lowest BCUT2D eigenvalue weighted by Crippen LogP contribution is -2.25. The van der Waals surface area contributed by atoms with E-state index >= 15 is 0 Å². The maximum absolute atomic E-state index is 12.0. The van der Waals surface area contributed by atoms with Crippen LogP contribution in [0.2, 0.25) is 0 Å². The number of nitrogen functional groups attached to an aromatic ring is 1. The summed E-state index contributed by atoms with van der Waals surface area (Å²) in [6.45, 7) is 4.62. The highest BCUT2D eigenvalue weighted by Crippen LogP contribution is 2.24. The van der Waals surface area contributed by atoms with Gasteiger partial charge in [0.05, 0.1) is 6.61 Å². The summed E-state index contributed by atoms with van der Waals surface area (Å²) in [7, 11) is 0. The van der Waals surface area contributed by atoms with Gasteiger partial charge in [-0.05, 0) is 26.0 Å². The average Bonchev–Trinajstić information content (AvgIpc) is 2.35. The van der Waals surface area contributed by atoms with E-state index in [9.17, 15) is 4.79 Å². The van der Waals surface area contributed by atoms with Crippen LogP contribution < -0.4 is 15.8 Å². The summed E-state index contributed by atoms with van der Waals surface area (Å²) in [5, 5.41) is 2.77. The first-order valence-electron chi connectivity index (χ1n) is 5.89. The smallest absolute Gasteiger partial charge is 0.257 e. The van der Waals surface area contributed by atoms with Crippen LogP contribution in [0.5, 0.6) is 5.75 Å². The van der Waals surface area contributed by atoms with E-state index in [4.69, 9.17) is 10.5 Å². The van der Waals surface area contributed by atoms with Gasteiger partial charge in [0.1, 0.15) is 11.3 Å². The SMILES string of the molecule is CC#CCCNC(=O)c1c(N)cccc1OCC. The van der Waals surface area contributed by atoms with Crippen molar-refractivity contribution in [3.8, 4) is 17.6 Å². The zero-order chi connectivity index (χ0) is 13.4. The van der Waals surface area contributed by atoms with Crippen LogP contribution in [0, 0.1) is 11.8 Å². The number of hydrogen-bond acceptors (Lipinski definition) is 3. The monoisotopic (exact) mass is 246 g/mol. The lowest BCUT2D eigenvalue weighted by molar-refractivity contribution is 0.0951. The molecule has 0 spiro atoms. The molecule has 96 valence electrons. The molecule has 3 N–H and O–H groups in total. The predicted molar refractivity (Wildman–Crippen MR) is 72.4 cm³/mol. The molecule has 1 aromatic rings. The molecule has 0 heterocycles. The van der Waals surface area contributed by atoms with Crippen molar-refractivity contribution < 1.29 is 9.53 Å². The fourth-order valence-electron chi connectivity index (χ4n) is 1.52. The van der Waals surface area contributed by atoms with E-state index in [-0.39, 0.29) is 5.91 Å². The number of rotatable bonds is 5. The lowest BCUT2D eigenvalue weighted by atomic mass is 10.1. The van der Waals surface area contributed by atoms with E-state index in [1.54, 1.807) is 25.1 Å². The molecule has 0 saturated carbocycles. The minimum absolute atomic E-state index is 0.227. The Bertz CT molecular complexity index is 472. The van der Waals surface area contributed by atoms with Gasteiger partial charge in [0.15, 0.2) is 0 Å². The first kappa shape index (κ1) is 13.9. The number of ether oxygens (including phenoxy) is 1. The topological polar surface area (TPSA) is 64.4 Å². The zero-order valence-corrected chi connectivity index (χ0v) is 10.7. The molecular weight excluding hydrogens is 228 g/mol. The number of carbonyl (C=O) groups excluding carboxylic acids is 1. The lowest BCUT2D eigenvalue weighted by Gasteiger charge is -2.12. The van der Waals surface area contributed by atoms with Gasteiger partial charge in [-0.2, -0.15) is 0 Å². The summed E-state index contributed by atoms with van der Waals surface area (Å²) in [6.07, 6.45) is 0.624. The third-order valence-electron chi connectivity index (χ3n) is 2.30. The van der Waals surface area contributed by atoms with Crippen molar-refractivity contribution in [3.63, 3.8) is 0 Å². The van der Waals surface area contributed by atoms with Crippen molar-refractivity contribution in [3.05, 3.63) is 23.8 Å². The molecule has 18 heavy (non-hydrogen) atoms. The van der Waals surface area contributed by atoms with Crippen molar-refractivity contribution in [2.75, 3.05) is 18.9 Å². The Morgan fingerprint density at radius 1 is 1.50 bits per heavy atom. The summed E-state index contributed by atoms with van der Waals surface area (Å²) < 4.78 is 5.40. The number of benzene rings is 1. The first-order chi connectivity index (χ1) is 8.70. The van der Waals surface area contributed by atoms with Gasteiger partial charge in [-0.3, -0.25) is 4.79 Å². The van der Waals surface area contributed by atoms with Gasteiger partial charge >= 0.3 is 0 Å². The number of anilines is 1. The highest BCUT2D eigenvalue weighted by Gasteiger charge is 2.15. The molecule has 1 rings (SSSR count). The van der Waals surface area contributed by atoms with Crippen LogP contribution in [-0.4, -0.2) is 19.1 Å². The number of nitrogens with one attached hydrogen (secondary N) is 1. The van der Waals surface area contributed by atoms with Gasteiger partial charge in [0, 0.05) is 18.7 Å². The van der Waals surface area contributed by atoms with Gasteiger partial charge in [-0.25, -0.2) is 0 Å². The molecule has 0 aliphatic carbocycles. The molecule has 0 fully saturated rings. The zero-order valence-electron chi connectivity index (χ0n) is 10.7. The molecule has 4 nitrogen and oxygen atoms in total. The molecule has 0 unspecified atom stereocenters. The Kier molecular flexibility index (Phi) is 5.59. The molecule has 0 saturated heterocycles. The number of carbonyl (C=O) groups is 1. The van der Waals surface area contributed by atoms with E-state index in [1.165, 1.54) is 0 Å². The van der Waals surface area contributed by atoms with Gasteiger partial charge in [0.25, 0.3) is 5.91 Å². The highest BCUT2D eigenvalue weighted by molar-refractivity contribution is 6.01. The summed E-state index contributed by atoms with van der Waals surface area (Å²) in [6, 6.07) is 5.18. The van der Waals surface area contributed by atoms with E-state index in [2.05, 4.69) is 17.2 Å². The second-order valence-corrected chi connectivity index (χ2v) is 3.59. The van der Waals surface area contributed by atoms with Gasteiger partial charge in [-0.1, -0.05) is 6.07 Å². The normalized spacial score (nSPS) is 9.22. The fraction of sp³-hybridized carbons (Fsp3) is 0.357. The van der Waals surface area contributed by atoms with Crippen molar-refractivity contribution in [2.45, 2.75) is 20.3 Å². The van der Waals surface area contributed by atoms with Crippen molar-refractivity contribution in [2.24, 2.45) is 0 Å². The molecule has 1 aromatic carbocycles. The summed E-state index contributed by atoms with van der Waals surface area (Å²) in [4.78, 5) is 12.0. The Morgan fingerprint density at radius 3 is 2.94 bits per heavy atom. The Labute approximate surface area is 108 Å². The first-order valence-corrected chi connectivity index (χ1v) is 5.89. The number of hydrogen-bond donors (Lipinski definition) is 2. The second kappa shape index (κ2) is 7.23. The molecule has 0 aliphatic rings. The Morgan fingerprint density at radius 2 is 2.28 bits per heavy atom. The number of amides is 1. The third-order valence-corrected chi connectivity index (χ3v) is 2.30. The largest absolute Gasteiger partial charge is 0.493 e. The molecule has 0 bridgehead atoms. The van der Waals surface area contributed by atoms with Gasteiger partial charge in [-0.15, -0.1) is 11.8 Å². The molecule has 0 radical (unpaired) electrons. The third kappa shape index (κ3) is 3.70. The van der Waals surface area contributed by atoms with Crippen molar-refractivity contribution in [1.82, 2.24) is 5.32 Å². The van der Waals surface area contributed by atoms with E-state index in [0.29, 0.717) is 36.6 Å². The standard InChI is InChI=1S/C14H18N2O2/c1-3-5-6-10-16-14(17)13-11(15)8-7-9-12(13)18-4-2/h7-9H,4,6,10,15H2,1-2H3,(H,16,17). The summed E-state index contributed by atoms with van der Waals surface area (Å²) in [5.74, 6) is 5.94. The van der Waals surface area contributed by atoms with Crippen LogP contribution in [0.3, 0.4) is 0 Å². The molecule has 1 amide bonds. The molecular formula is C14H18N2O2. The minimum Gasteiger partial charge on any atom is -0.493 e. The second-order valence-electron chi connectivity index (χ2n) is 3.59.